The SMILES string of the molecule is O=C(NCCNC(=O)c1csc2ccccc12)c1ccc(O)cc1. The molecule has 3 aromatic rings. The summed E-state index contributed by atoms with van der Waals surface area (Å²) in [5, 5.41) is 17.5. The van der Waals surface area contributed by atoms with E-state index >= 15 is 0 Å². The average Bonchev–Trinajstić information content (AvgIpc) is 3.03. The molecule has 0 aliphatic heterocycles. The Morgan fingerprint density at radius 2 is 1.58 bits per heavy atom. The Hall–Kier alpha value is -2.86. The second kappa shape index (κ2) is 7.14. The maximum absolute atomic E-state index is 12.2. The van der Waals surface area contributed by atoms with E-state index in [9.17, 15) is 14.7 Å². The van der Waals surface area contributed by atoms with Gasteiger partial charge in [0.2, 0.25) is 0 Å². The summed E-state index contributed by atoms with van der Waals surface area (Å²) in [5.74, 6) is -0.279. The summed E-state index contributed by atoms with van der Waals surface area (Å²) in [6.07, 6.45) is 0. The van der Waals surface area contributed by atoms with Crippen LogP contribution in [-0.2, 0) is 0 Å². The van der Waals surface area contributed by atoms with Crippen molar-refractivity contribution in [2.24, 2.45) is 0 Å². The number of amides is 2. The number of aromatic hydroxyl groups is 1. The Morgan fingerprint density at radius 1 is 0.917 bits per heavy atom. The van der Waals surface area contributed by atoms with E-state index in [0.29, 0.717) is 24.2 Å². The average molecular weight is 340 g/mol. The summed E-state index contributed by atoms with van der Waals surface area (Å²) in [5.41, 5.74) is 1.11. The van der Waals surface area contributed by atoms with E-state index < -0.39 is 0 Å². The molecule has 0 saturated heterocycles. The van der Waals surface area contributed by atoms with Gasteiger partial charge in [0.25, 0.3) is 11.8 Å². The lowest BCUT2D eigenvalue weighted by atomic mass is 10.1. The van der Waals surface area contributed by atoms with E-state index in [-0.39, 0.29) is 17.6 Å². The number of thiophene rings is 1. The lowest BCUT2D eigenvalue weighted by Crippen LogP contribution is -2.34. The lowest BCUT2D eigenvalue weighted by molar-refractivity contribution is 0.0928. The van der Waals surface area contributed by atoms with Crippen molar-refractivity contribution in [1.29, 1.82) is 0 Å². The normalized spacial score (nSPS) is 10.5. The van der Waals surface area contributed by atoms with Gasteiger partial charge in [-0.05, 0) is 30.3 Å². The summed E-state index contributed by atoms with van der Waals surface area (Å²) < 4.78 is 1.07. The molecule has 1 aromatic heterocycles. The van der Waals surface area contributed by atoms with Crippen molar-refractivity contribution in [1.82, 2.24) is 10.6 Å². The molecule has 2 aromatic carbocycles. The molecule has 0 aliphatic rings. The summed E-state index contributed by atoms with van der Waals surface area (Å²) in [4.78, 5) is 24.1. The van der Waals surface area contributed by atoms with Gasteiger partial charge in [-0.25, -0.2) is 0 Å². The van der Waals surface area contributed by atoms with Gasteiger partial charge in [0, 0.05) is 34.1 Å². The maximum Gasteiger partial charge on any atom is 0.252 e. The zero-order valence-electron chi connectivity index (χ0n) is 12.8. The largest absolute Gasteiger partial charge is 0.508 e. The van der Waals surface area contributed by atoms with Crippen LogP contribution < -0.4 is 10.6 Å². The third-order valence-corrected chi connectivity index (χ3v) is 4.51. The third kappa shape index (κ3) is 3.55. The molecule has 0 aliphatic carbocycles. The molecular formula is C18H16N2O3S. The van der Waals surface area contributed by atoms with E-state index in [4.69, 9.17) is 0 Å². The molecule has 2 amide bonds. The topological polar surface area (TPSA) is 78.4 Å². The highest BCUT2D eigenvalue weighted by Crippen LogP contribution is 2.25. The van der Waals surface area contributed by atoms with Crippen molar-refractivity contribution in [3.8, 4) is 5.75 Å². The summed E-state index contributed by atoms with van der Waals surface area (Å²) >= 11 is 1.53. The number of carbonyl (C=O) groups excluding carboxylic acids is 2. The quantitative estimate of drug-likeness (QED) is 0.625. The molecule has 0 bridgehead atoms. The molecule has 5 nitrogen and oxygen atoms in total. The second-order valence-electron chi connectivity index (χ2n) is 5.20. The number of carbonyl (C=O) groups is 2. The van der Waals surface area contributed by atoms with E-state index in [1.165, 1.54) is 23.5 Å². The molecule has 0 saturated carbocycles. The molecule has 122 valence electrons. The van der Waals surface area contributed by atoms with Crippen LogP contribution in [0.1, 0.15) is 20.7 Å². The van der Waals surface area contributed by atoms with Gasteiger partial charge in [-0.3, -0.25) is 9.59 Å². The van der Waals surface area contributed by atoms with Crippen molar-refractivity contribution in [3.05, 3.63) is 65.0 Å². The van der Waals surface area contributed by atoms with E-state index in [0.717, 1.165) is 10.1 Å². The lowest BCUT2D eigenvalue weighted by Gasteiger charge is -2.07. The zero-order chi connectivity index (χ0) is 16.9. The molecule has 0 spiro atoms. The molecule has 0 atom stereocenters. The van der Waals surface area contributed by atoms with Crippen LogP contribution in [0.5, 0.6) is 5.75 Å². The van der Waals surface area contributed by atoms with E-state index in [1.54, 1.807) is 12.1 Å². The van der Waals surface area contributed by atoms with Crippen LogP contribution in [-0.4, -0.2) is 30.0 Å². The minimum Gasteiger partial charge on any atom is -0.508 e. The highest BCUT2D eigenvalue weighted by molar-refractivity contribution is 7.17. The smallest absolute Gasteiger partial charge is 0.252 e. The molecule has 3 N–H and O–H groups in total. The van der Waals surface area contributed by atoms with Gasteiger partial charge in [0.1, 0.15) is 5.75 Å². The van der Waals surface area contributed by atoms with Crippen LogP contribution in [0.3, 0.4) is 0 Å². The molecule has 0 fully saturated rings. The predicted molar refractivity (Wildman–Crippen MR) is 94.6 cm³/mol. The zero-order valence-corrected chi connectivity index (χ0v) is 13.6. The highest BCUT2D eigenvalue weighted by atomic mass is 32.1. The third-order valence-electron chi connectivity index (χ3n) is 3.55. The first-order valence-corrected chi connectivity index (χ1v) is 8.35. The van der Waals surface area contributed by atoms with Crippen molar-refractivity contribution in [2.45, 2.75) is 0 Å². The minimum absolute atomic E-state index is 0.113. The Morgan fingerprint density at radius 3 is 2.33 bits per heavy atom. The first-order chi connectivity index (χ1) is 11.6. The van der Waals surface area contributed by atoms with Gasteiger partial charge in [-0.2, -0.15) is 0 Å². The summed E-state index contributed by atoms with van der Waals surface area (Å²) in [7, 11) is 0. The van der Waals surface area contributed by atoms with Crippen LogP contribution in [0.4, 0.5) is 0 Å². The van der Waals surface area contributed by atoms with Crippen molar-refractivity contribution >= 4 is 33.2 Å². The first kappa shape index (κ1) is 16.0. The van der Waals surface area contributed by atoms with E-state index in [2.05, 4.69) is 10.6 Å². The number of fused-ring (bicyclic) bond motifs is 1. The fourth-order valence-electron chi connectivity index (χ4n) is 2.32. The van der Waals surface area contributed by atoms with Crippen LogP contribution >= 0.6 is 11.3 Å². The van der Waals surface area contributed by atoms with Gasteiger partial charge in [-0.1, -0.05) is 18.2 Å². The number of phenols is 1. The Labute approximate surface area is 142 Å². The molecule has 0 unspecified atom stereocenters. The molecule has 3 rings (SSSR count). The highest BCUT2D eigenvalue weighted by Gasteiger charge is 2.11. The molecule has 6 heteroatoms. The predicted octanol–water partition coefficient (Wildman–Crippen LogP) is 2.77. The van der Waals surface area contributed by atoms with Crippen LogP contribution in [0.25, 0.3) is 10.1 Å². The van der Waals surface area contributed by atoms with Crippen LogP contribution in [0, 0.1) is 0 Å². The number of nitrogens with one attached hydrogen (secondary N) is 2. The van der Waals surface area contributed by atoms with Crippen LogP contribution in [0.15, 0.2) is 53.9 Å². The number of hydrogen-bond acceptors (Lipinski definition) is 4. The Bertz CT molecular complexity index is 871. The van der Waals surface area contributed by atoms with Crippen molar-refractivity contribution in [2.75, 3.05) is 13.1 Å². The Balaban J connectivity index is 1.50. The molecular weight excluding hydrogens is 324 g/mol. The fourth-order valence-corrected chi connectivity index (χ4v) is 3.26. The second-order valence-corrected chi connectivity index (χ2v) is 6.12. The number of benzene rings is 2. The van der Waals surface area contributed by atoms with Gasteiger partial charge >= 0.3 is 0 Å². The summed E-state index contributed by atoms with van der Waals surface area (Å²) in [6, 6.07) is 13.8. The van der Waals surface area contributed by atoms with Gasteiger partial charge in [0.15, 0.2) is 0 Å². The number of phenolic OH excluding ortho intramolecular Hbond substituents is 1. The van der Waals surface area contributed by atoms with Gasteiger partial charge in [0.05, 0.1) is 5.56 Å². The van der Waals surface area contributed by atoms with Gasteiger partial charge < -0.3 is 15.7 Å². The van der Waals surface area contributed by atoms with Gasteiger partial charge in [-0.15, -0.1) is 11.3 Å². The van der Waals surface area contributed by atoms with Crippen LogP contribution in [0.2, 0.25) is 0 Å². The monoisotopic (exact) mass is 340 g/mol. The van der Waals surface area contributed by atoms with Crippen molar-refractivity contribution < 1.29 is 14.7 Å². The van der Waals surface area contributed by atoms with Crippen molar-refractivity contribution in [3.63, 3.8) is 0 Å². The molecule has 1 heterocycles. The summed E-state index contributed by atoms with van der Waals surface area (Å²) in [6.45, 7) is 0.667. The maximum atomic E-state index is 12.2. The first-order valence-electron chi connectivity index (χ1n) is 7.47. The molecule has 0 radical (unpaired) electrons. The van der Waals surface area contributed by atoms with E-state index in [1.807, 2.05) is 29.6 Å². The molecule has 24 heavy (non-hydrogen) atoms. The fraction of sp³-hybridized carbons (Fsp3) is 0.111. The minimum atomic E-state index is -0.245. The standard InChI is InChI=1S/C18H16N2O3S/c21-13-7-5-12(6-8-13)17(22)19-9-10-20-18(23)15-11-24-16-4-2-1-3-14(15)16/h1-8,11,21H,9-10H2,(H,19,22)(H,20,23). The number of hydrogen-bond donors (Lipinski definition) is 3. The Kier molecular flexibility index (Phi) is 4.77. The number of rotatable bonds is 5.